The van der Waals surface area contributed by atoms with Gasteiger partial charge in [-0.3, -0.25) is 9.78 Å². The van der Waals surface area contributed by atoms with E-state index >= 15 is 0 Å². The Balaban J connectivity index is 1.80. The van der Waals surface area contributed by atoms with Crippen molar-refractivity contribution in [3.8, 4) is 0 Å². The van der Waals surface area contributed by atoms with E-state index in [0.29, 0.717) is 25.0 Å². The van der Waals surface area contributed by atoms with E-state index in [1.54, 1.807) is 18.3 Å². The first-order valence-corrected chi connectivity index (χ1v) is 8.45. The fourth-order valence-corrected chi connectivity index (χ4v) is 3.60. The van der Waals surface area contributed by atoms with E-state index in [1.165, 1.54) is 12.3 Å². The predicted molar refractivity (Wildman–Crippen MR) is 79.8 cm³/mol. The van der Waals surface area contributed by atoms with E-state index in [0.717, 1.165) is 5.39 Å². The Kier molecular flexibility index (Phi) is 4.04. The molecule has 0 spiro atoms. The van der Waals surface area contributed by atoms with Gasteiger partial charge in [-0.1, -0.05) is 6.07 Å². The highest BCUT2D eigenvalue weighted by molar-refractivity contribution is 7.90. The molecule has 1 N–H and O–H groups in total. The van der Waals surface area contributed by atoms with Crippen molar-refractivity contribution in [3.63, 3.8) is 0 Å². The second kappa shape index (κ2) is 5.98. The van der Waals surface area contributed by atoms with Crippen LogP contribution in [0.1, 0.15) is 23.3 Å². The van der Waals surface area contributed by atoms with Gasteiger partial charge in [-0.05, 0) is 25.0 Å². The third-order valence-electron chi connectivity index (χ3n) is 3.52. The highest BCUT2D eigenvalue weighted by atomic mass is 32.2. The summed E-state index contributed by atoms with van der Waals surface area (Å²) < 4.78 is 31.6. The number of ether oxygens (including phenoxy) is 1. The molecule has 1 aliphatic rings. The van der Waals surface area contributed by atoms with Crippen molar-refractivity contribution in [2.75, 3.05) is 13.2 Å². The average Bonchev–Trinajstić information content (AvgIpc) is 2.55. The van der Waals surface area contributed by atoms with Gasteiger partial charge < -0.3 is 4.74 Å². The molecule has 22 heavy (non-hydrogen) atoms. The summed E-state index contributed by atoms with van der Waals surface area (Å²) in [7, 11) is -3.76. The summed E-state index contributed by atoms with van der Waals surface area (Å²) in [6, 6.07) is 4.96. The van der Waals surface area contributed by atoms with Crippen LogP contribution in [-0.2, 0) is 14.8 Å². The van der Waals surface area contributed by atoms with E-state index < -0.39 is 21.2 Å². The molecule has 0 aromatic carbocycles. The molecule has 0 saturated carbocycles. The van der Waals surface area contributed by atoms with Crippen LogP contribution in [-0.4, -0.2) is 42.8 Å². The summed E-state index contributed by atoms with van der Waals surface area (Å²) in [5, 5.41) is 0.127. The lowest BCUT2D eigenvalue weighted by molar-refractivity contribution is 0.0950. The van der Waals surface area contributed by atoms with Crippen molar-refractivity contribution in [1.29, 1.82) is 0 Å². The molecule has 116 valence electrons. The van der Waals surface area contributed by atoms with Crippen molar-refractivity contribution in [3.05, 3.63) is 36.3 Å². The van der Waals surface area contributed by atoms with Crippen LogP contribution < -0.4 is 4.72 Å². The predicted octanol–water partition coefficient (Wildman–Crippen LogP) is 0.868. The number of amides is 1. The summed E-state index contributed by atoms with van der Waals surface area (Å²) in [5.74, 6) is -0.740. The van der Waals surface area contributed by atoms with Gasteiger partial charge in [0.25, 0.3) is 5.91 Å². The van der Waals surface area contributed by atoms with Crippen molar-refractivity contribution >= 4 is 26.8 Å². The largest absolute Gasteiger partial charge is 0.380 e. The maximum atomic E-state index is 12.2. The van der Waals surface area contributed by atoms with Gasteiger partial charge in [0.2, 0.25) is 10.0 Å². The number of nitrogens with one attached hydrogen (secondary N) is 1. The fraction of sp³-hybridized carbons (Fsp3) is 0.357. The summed E-state index contributed by atoms with van der Waals surface area (Å²) in [4.78, 5) is 20.2. The molecule has 2 aromatic rings. The van der Waals surface area contributed by atoms with Gasteiger partial charge in [0.15, 0.2) is 0 Å². The van der Waals surface area contributed by atoms with Gasteiger partial charge in [0.05, 0.1) is 18.3 Å². The average molecular weight is 321 g/mol. The van der Waals surface area contributed by atoms with Gasteiger partial charge in [-0.25, -0.2) is 18.1 Å². The highest BCUT2D eigenvalue weighted by Gasteiger charge is 2.30. The molecule has 2 aromatic heterocycles. The van der Waals surface area contributed by atoms with E-state index in [2.05, 4.69) is 14.7 Å². The Hall–Kier alpha value is -2.06. The number of pyridine rings is 2. The van der Waals surface area contributed by atoms with E-state index in [9.17, 15) is 13.2 Å². The molecule has 0 radical (unpaired) electrons. The summed E-state index contributed by atoms with van der Waals surface area (Å²) in [6.45, 7) is 0.664. The lowest BCUT2D eigenvalue weighted by Crippen LogP contribution is -2.42. The number of fused-ring (bicyclic) bond motifs is 1. The fourth-order valence-electron chi connectivity index (χ4n) is 2.31. The Morgan fingerprint density at radius 3 is 2.95 bits per heavy atom. The minimum Gasteiger partial charge on any atom is -0.380 e. The molecular formula is C14H15N3O4S. The molecule has 3 heterocycles. The molecule has 1 unspecified atom stereocenters. The molecule has 8 heteroatoms. The smallest absolute Gasteiger partial charge is 0.283 e. The van der Waals surface area contributed by atoms with Crippen LogP contribution in [0, 0.1) is 0 Å². The molecule has 1 aliphatic heterocycles. The van der Waals surface area contributed by atoms with Gasteiger partial charge in [-0.15, -0.1) is 0 Å². The normalized spacial score (nSPS) is 19.0. The van der Waals surface area contributed by atoms with Crippen molar-refractivity contribution in [1.82, 2.24) is 14.7 Å². The number of carbonyl (C=O) groups is 1. The van der Waals surface area contributed by atoms with Crippen molar-refractivity contribution in [2.24, 2.45) is 0 Å². The van der Waals surface area contributed by atoms with Gasteiger partial charge in [-0.2, -0.15) is 0 Å². The molecule has 1 fully saturated rings. The zero-order chi connectivity index (χ0) is 15.6. The van der Waals surface area contributed by atoms with Crippen LogP contribution in [0.3, 0.4) is 0 Å². The Morgan fingerprint density at radius 1 is 1.32 bits per heavy atom. The summed E-state index contributed by atoms with van der Waals surface area (Å²) in [5.41, 5.74) is 0.578. The maximum absolute atomic E-state index is 12.2. The topological polar surface area (TPSA) is 98.2 Å². The lowest BCUT2D eigenvalue weighted by atomic mass is 10.2. The number of hydrogen-bond acceptors (Lipinski definition) is 6. The molecule has 1 atom stereocenters. The molecule has 0 bridgehead atoms. The number of nitrogens with zero attached hydrogens (tertiary/aromatic N) is 2. The third kappa shape index (κ3) is 3.07. The van der Waals surface area contributed by atoms with E-state index in [-0.39, 0.29) is 12.3 Å². The highest BCUT2D eigenvalue weighted by Crippen LogP contribution is 2.15. The van der Waals surface area contributed by atoms with E-state index in [4.69, 9.17) is 4.74 Å². The molecular weight excluding hydrogens is 306 g/mol. The zero-order valence-corrected chi connectivity index (χ0v) is 12.5. The molecule has 1 saturated heterocycles. The monoisotopic (exact) mass is 321 g/mol. The van der Waals surface area contributed by atoms with Gasteiger partial charge >= 0.3 is 0 Å². The van der Waals surface area contributed by atoms with Crippen LogP contribution in [0.4, 0.5) is 0 Å². The number of hydrogen-bond donors (Lipinski definition) is 1. The number of carbonyl (C=O) groups excluding carboxylic acids is 1. The first-order valence-electron chi connectivity index (χ1n) is 6.91. The molecule has 7 nitrogen and oxygen atoms in total. The Bertz CT molecular complexity index is 801. The Labute approximate surface area is 127 Å². The van der Waals surface area contributed by atoms with Crippen LogP contribution in [0.25, 0.3) is 10.9 Å². The van der Waals surface area contributed by atoms with Gasteiger partial charge in [0, 0.05) is 18.2 Å². The summed E-state index contributed by atoms with van der Waals surface area (Å²) >= 11 is 0. The van der Waals surface area contributed by atoms with Crippen LogP contribution in [0.5, 0.6) is 0 Å². The second-order valence-corrected chi connectivity index (χ2v) is 7.04. The van der Waals surface area contributed by atoms with Crippen LogP contribution in [0.15, 0.2) is 30.6 Å². The van der Waals surface area contributed by atoms with Crippen molar-refractivity contribution in [2.45, 2.75) is 18.1 Å². The lowest BCUT2D eigenvalue weighted by Gasteiger charge is -2.22. The van der Waals surface area contributed by atoms with Crippen LogP contribution in [0.2, 0.25) is 0 Å². The SMILES string of the molecule is O=C(NS(=O)(=O)C1CCCOC1)c1ccc2ccncc2n1. The third-order valence-corrected chi connectivity index (χ3v) is 5.24. The molecule has 0 aliphatic carbocycles. The number of rotatable bonds is 3. The quantitative estimate of drug-likeness (QED) is 0.900. The minimum atomic E-state index is -3.76. The second-order valence-electron chi connectivity index (χ2n) is 5.08. The Morgan fingerprint density at radius 2 is 2.18 bits per heavy atom. The maximum Gasteiger partial charge on any atom is 0.283 e. The van der Waals surface area contributed by atoms with Gasteiger partial charge in [0.1, 0.15) is 10.9 Å². The minimum absolute atomic E-state index is 0.0424. The van der Waals surface area contributed by atoms with Crippen molar-refractivity contribution < 1.29 is 17.9 Å². The molecule has 3 rings (SSSR count). The van der Waals surface area contributed by atoms with Crippen LogP contribution >= 0.6 is 0 Å². The first-order chi connectivity index (χ1) is 10.6. The number of aromatic nitrogens is 2. The number of sulfonamides is 1. The molecule has 1 amide bonds. The first kappa shape index (κ1) is 14.9. The zero-order valence-electron chi connectivity index (χ0n) is 11.7. The standard InChI is InChI=1S/C14H15N3O4S/c18-14(17-22(19,20)11-2-1-7-21-9-11)12-4-3-10-5-6-15-8-13(10)16-12/h3-6,8,11H,1-2,7,9H2,(H,17,18). The van der Waals surface area contributed by atoms with E-state index in [1.807, 2.05) is 0 Å². The summed E-state index contributed by atoms with van der Waals surface area (Å²) in [6.07, 6.45) is 4.30.